The second-order valence-corrected chi connectivity index (χ2v) is 3.91. The van der Waals surface area contributed by atoms with E-state index >= 15 is 0 Å². The Hall–Kier alpha value is -2.65. The lowest BCUT2D eigenvalue weighted by Gasteiger charge is -1.98. The van der Waals surface area contributed by atoms with Crippen LogP contribution in [0.1, 0.15) is 5.56 Å². The highest BCUT2D eigenvalue weighted by molar-refractivity contribution is 6.32. The molecule has 0 amide bonds. The van der Waals surface area contributed by atoms with Crippen LogP contribution in [0.15, 0.2) is 35.9 Å². The molecule has 102 valence electrons. The van der Waals surface area contributed by atoms with Crippen LogP contribution in [0, 0.1) is 21.4 Å². The first-order chi connectivity index (χ1) is 9.49. The first kappa shape index (κ1) is 15.4. The minimum Gasteiger partial charge on any atom is -0.465 e. The smallest absolute Gasteiger partial charge is 0.348 e. The number of allylic oxidation sites excluding steroid dienone is 2. The number of non-ortho nitro benzene ring substituents is 1. The Bertz CT molecular complexity index is 644. The van der Waals surface area contributed by atoms with E-state index < -0.39 is 10.9 Å². The van der Waals surface area contributed by atoms with E-state index in [9.17, 15) is 14.9 Å². The fourth-order valence-electron chi connectivity index (χ4n) is 1.28. The summed E-state index contributed by atoms with van der Waals surface area (Å²) in [6.07, 6.45) is 4.08. The van der Waals surface area contributed by atoms with Crippen molar-refractivity contribution in [3.63, 3.8) is 0 Å². The third-order valence-electron chi connectivity index (χ3n) is 2.25. The minimum absolute atomic E-state index is 0.105. The molecule has 0 aliphatic rings. The molecule has 0 aliphatic heterocycles. The third-order valence-corrected chi connectivity index (χ3v) is 2.60. The molecule has 1 rings (SSSR count). The molecule has 1 aromatic rings. The quantitative estimate of drug-likeness (QED) is 0.212. The number of methoxy groups -OCH3 is 1. The maximum Gasteiger partial charge on any atom is 0.348 e. The maximum absolute atomic E-state index is 11.1. The Morgan fingerprint density at radius 2 is 2.25 bits per heavy atom. The minimum atomic E-state index is -0.762. The zero-order valence-corrected chi connectivity index (χ0v) is 11.1. The molecule has 0 saturated carbocycles. The lowest BCUT2D eigenvalue weighted by Crippen LogP contribution is -2.02. The molecule has 7 heteroatoms. The van der Waals surface area contributed by atoms with Crippen LogP contribution < -0.4 is 0 Å². The summed E-state index contributed by atoms with van der Waals surface area (Å²) in [5.41, 5.74) is 0.107. The van der Waals surface area contributed by atoms with Crippen molar-refractivity contribution in [2.75, 3.05) is 7.11 Å². The molecule has 6 nitrogen and oxygen atoms in total. The number of nitriles is 1. The third kappa shape index (κ3) is 3.93. The molecule has 0 bridgehead atoms. The van der Waals surface area contributed by atoms with Gasteiger partial charge in [0.05, 0.1) is 12.0 Å². The second kappa shape index (κ2) is 7.07. The Kier molecular flexibility index (Phi) is 5.44. The molecule has 0 atom stereocenters. The van der Waals surface area contributed by atoms with E-state index in [-0.39, 0.29) is 11.3 Å². The summed E-state index contributed by atoms with van der Waals surface area (Å²) in [6.45, 7) is 0. The summed E-state index contributed by atoms with van der Waals surface area (Å²) in [7, 11) is 1.16. The number of nitrogens with zero attached hydrogens (tertiary/aromatic N) is 2. The van der Waals surface area contributed by atoms with Crippen LogP contribution >= 0.6 is 11.6 Å². The van der Waals surface area contributed by atoms with Crippen molar-refractivity contribution >= 4 is 29.3 Å². The number of hydrogen-bond donors (Lipinski definition) is 0. The molecule has 0 saturated heterocycles. The Morgan fingerprint density at radius 1 is 1.55 bits per heavy atom. The van der Waals surface area contributed by atoms with E-state index in [0.29, 0.717) is 10.6 Å². The standard InChI is InChI=1S/C13H9ClN2O4/c1-20-13(17)10(8-15)4-2-3-9-7-11(16(18)19)5-6-12(9)14/h2-7H,1H3/b3-2+,10-4-. The monoisotopic (exact) mass is 292 g/mol. The van der Waals surface area contributed by atoms with Gasteiger partial charge in [-0.2, -0.15) is 5.26 Å². The zero-order chi connectivity index (χ0) is 15.1. The molecular weight excluding hydrogens is 284 g/mol. The van der Waals surface area contributed by atoms with Gasteiger partial charge in [0.1, 0.15) is 11.6 Å². The predicted molar refractivity (Wildman–Crippen MR) is 72.9 cm³/mol. The Labute approximate surface area is 119 Å². The van der Waals surface area contributed by atoms with Gasteiger partial charge in [-0.15, -0.1) is 0 Å². The molecule has 0 spiro atoms. The summed E-state index contributed by atoms with van der Waals surface area (Å²) < 4.78 is 4.40. The van der Waals surface area contributed by atoms with Crippen LogP contribution in [-0.4, -0.2) is 18.0 Å². The van der Waals surface area contributed by atoms with E-state index in [1.165, 1.54) is 36.4 Å². The van der Waals surface area contributed by atoms with Gasteiger partial charge in [0.25, 0.3) is 5.69 Å². The van der Waals surface area contributed by atoms with Crippen molar-refractivity contribution in [1.82, 2.24) is 0 Å². The van der Waals surface area contributed by atoms with Gasteiger partial charge in [-0.3, -0.25) is 10.1 Å². The lowest BCUT2D eigenvalue weighted by molar-refractivity contribution is -0.384. The van der Waals surface area contributed by atoms with E-state index in [2.05, 4.69) is 4.74 Å². The Balaban J connectivity index is 3.04. The summed E-state index contributed by atoms with van der Waals surface area (Å²) in [6, 6.07) is 5.65. The lowest BCUT2D eigenvalue weighted by atomic mass is 10.1. The molecule has 1 aromatic carbocycles. The summed E-state index contributed by atoms with van der Waals surface area (Å²) in [5.74, 6) is -0.762. The van der Waals surface area contributed by atoms with Crippen molar-refractivity contribution < 1.29 is 14.5 Å². The summed E-state index contributed by atoms with van der Waals surface area (Å²) >= 11 is 5.89. The van der Waals surface area contributed by atoms with Gasteiger partial charge in [-0.25, -0.2) is 4.79 Å². The predicted octanol–water partition coefficient (Wildman–Crippen LogP) is 2.88. The highest BCUT2D eigenvalue weighted by atomic mass is 35.5. The van der Waals surface area contributed by atoms with Gasteiger partial charge in [-0.1, -0.05) is 23.8 Å². The molecule has 0 heterocycles. The maximum atomic E-state index is 11.1. The van der Waals surface area contributed by atoms with Crippen molar-refractivity contribution in [2.24, 2.45) is 0 Å². The van der Waals surface area contributed by atoms with Crippen molar-refractivity contribution in [3.8, 4) is 6.07 Å². The van der Waals surface area contributed by atoms with Gasteiger partial charge in [0.15, 0.2) is 0 Å². The highest BCUT2D eigenvalue weighted by Gasteiger charge is 2.08. The molecule has 20 heavy (non-hydrogen) atoms. The molecular formula is C13H9ClN2O4. The van der Waals surface area contributed by atoms with Crippen LogP contribution in [-0.2, 0) is 9.53 Å². The van der Waals surface area contributed by atoms with E-state index in [1.807, 2.05) is 0 Å². The number of benzene rings is 1. The molecule has 0 radical (unpaired) electrons. The fraction of sp³-hybridized carbons (Fsp3) is 0.0769. The van der Waals surface area contributed by atoms with E-state index in [0.717, 1.165) is 7.11 Å². The van der Waals surface area contributed by atoms with Crippen LogP contribution in [0.25, 0.3) is 6.08 Å². The number of rotatable bonds is 4. The number of halogens is 1. The molecule has 0 fully saturated rings. The second-order valence-electron chi connectivity index (χ2n) is 3.51. The number of nitro groups is 1. The van der Waals surface area contributed by atoms with Crippen LogP contribution in [0.5, 0.6) is 0 Å². The van der Waals surface area contributed by atoms with Crippen molar-refractivity contribution in [2.45, 2.75) is 0 Å². The Morgan fingerprint density at radius 3 is 2.80 bits per heavy atom. The van der Waals surface area contributed by atoms with Crippen molar-refractivity contribution in [1.29, 1.82) is 5.26 Å². The normalized spacial score (nSPS) is 11.2. The molecule has 0 aliphatic carbocycles. The molecule has 0 unspecified atom stereocenters. The number of carbonyl (C=O) groups excluding carboxylic acids is 1. The number of esters is 1. The van der Waals surface area contributed by atoms with E-state index in [1.54, 1.807) is 6.07 Å². The van der Waals surface area contributed by atoms with Crippen LogP contribution in [0.4, 0.5) is 5.69 Å². The van der Waals surface area contributed by atoms with Gasteiger partial charge < -0.3 is 4.74 Å². The van der Waals surface area contributed by atoms with Gasteiger partial charge in [-0.05, 0) is 17.7 Å². The van der Waals surface area contributed by atoms with Crippen LogP contribution in [0.3, 0.4) is 0 Å². The number of hydrogen-bond acceptors (Lipinski definition) is 5. The zero-order valence-electron chi connectivity index (χ0n) is 10.4. The molecule has 0 N–H and O–H groups in total. The van der Waals surface area contributed by atoms with Gasteiger partial charge in [0.2, 0.25) is 0 Å². The summed E-state index contributed by atoms with van der Waals surface area (Å²) in [4.78, 5) is 21.2. The number of carbonyl (C=O) groups is 1. The first-order valence-electron chi connectivity index (χ1n) is 5.30. The largest absolute Gasteiger partial charge is 0.465 e. The van der Waals surface area contributed by atoms with Crippen LogP contribution in [0.2, 0.25) is 5.02 Å². The van der Waals surface area contributed by atoms with Gasteiger partial charge in [0, 0.05) is 17.2 Å². The summed E-state index contributed by atoms with van der Waals surface area (Å²) in [5, 5.41) is 19.7. The first-order valence-corrected chi connectivity index (χ1v) is 5.68. The van der Waals surface area contributed by atoms with E-state index in [4.69, 9.17) is 16.9 Å². The average molecular weight is 293 g/mol. The van der Waals surface area contributed by atoms with Crippen molar-refractivity contribution in [3.05, 3.63) is 56.6 Å². The number of nitro benzene ring substituents is 1. The highest BCUT2D eigenvalue weighted by Crippen LogP contribution is 2.23. The number of ether oxygens (including phenoxy) is 1. The molecule has 0 aromatic heterocycles. The fourth-order valence-corrected chi connectivity index (χ4v) is 1.46. The topological polar surface area (TPSA) is 93.2 Å². The SMILES string of the molecule is COC(=O)/C(C#N)=C\C=C\c1cc([N+](=O)[O-])ccc1Cl. The van der Waals surface area contributed by atoms with Gasteiger partial charge >= 0.3 is 5.97 Å². The average Bonchev–Trinajstić information content (AvgIpc) is 2.44.